The van der Waals surface area contributed by atoms with E-state index >= 15 is 0 Å². The second kappa shape index (κ2) is 11.9. The van der Waals surface area contributed by atoms with Crippen LogP contribution in [0.25, 0.3) is 0 Å². The number of likely N-dealkylation sites (N-methyl/N-ethyl adjacent to an activating group) is 1. The number of methoxy groups -OCH3 is 1. The Morgan fingerprint density at radius 3 is 2.62 bits per heavy atom. The van der Waals surface area contributed by atoms with E-state index in [1.165, 1.54) is 11.1 Å². The number of nitrogens with one attached hydrogen (secondary N) is 1. The van der Waals surface area contributed by atoms with Crippen LogP contribution >= 0.6 is 24.8 Å². The summed E-state index contributed by atoms with van der Waals surface area (Å²) in [5.41, 5.74) is 5.76. The Balaban J connectivity index is 0.00000181. The van der Waals surface area contributed by atoms with Crippen LogP contribution in [0.5, 0.6) is 0 Å². The molecule has 0 unspecified atom stereocenters. The first-order chi connectivity index (χ1) is 14.6. The predicted molar refractivity (Wildman–Crippen MR) is 140 cm³/mol. The first-order valence-corrected chi connectivity index (χ1v) is 11.1. The summed E-state index contributed by atoms with van der Waals surface area (Å²) in [6.07, 6.45) is 2.23. The fourth-order valence-corrected chi connectivity index (χ4v) is 4.37. The zero-order valence-electron chi connectivity index (χ0n) is 19.5. The van der Waals surface area contributed by atoms with Crippen LogP contribution in [0, 0.1) is 0 Å². The third-order valence-corrected chi connectivity index (χ3v) is 6.31. The van der Waals surface area contributed by atoms with Gasteiger partial charge in [-0.2, -0.15) is 0 Å². The van der Waals surface area contributed by atoms with E-state index in [0.29, 0.717) is 12.0 Å². The number of aliphatic imine (C=N–C) groups is 1. The van der Waals surface area contributed by atoms with Gasteiger partial charge < -0.3 is 15.0 Å². The van der Waals surface area contributed by atoms with E-state index in [1.807, 2.05) is 0 Å². The van der Waals surface area contributed by atoms with Gasteiger partial charge in [0, 0.05) is 50.6 Å². The third-order valence-electron chi connectivity index (χ3n) is 6.31. The maximum Gasteiger partial charge on any atom is 0.138 e. The summed E-state index contributed by atoms with van der Waals surface area (Å²) in [5, 5.41) is 3.63. The summed E-state index contributed by atoms with van der Waals surface area (Å²) in [5.74, 6) is 1.58. The molecular weight excluding hydrogens is 443 g/mol. The van der Waals surface area contributed by atoms with Crippen molar-refractivity contribution < 1.29 is 4.74 Å². The van der Waals surface area contributed by atoms with Gasteiger partial charge in [-0.25, -0.2) is 4.99 Å². The smallest absolute Gasteiger partial charge is 0.138 e. The van der Waals surface area contributed by atoms with Crippen LogP contribution in [0.15, 0.2) is 47.5 Å². The second-order valence-electron chi connectivity index (χ2n) is 8.75. The van der Waals surface area contributed by atoms with Gasteiger partial charge >= 0.3 is 0 Å². The fraction of sp³-hybridized carbons (Fsp3) is 0.480. The highest BCUT2D eigenvalue weighted by Gasteiger charge is 2.29. The number of nitrogens with zero attached hydrogens (tertiary/aromatic N) is 3. The molecule has 7 heteroatoms. The number of ether oxygens (including phenoxy) is 1. The molecule has 176 valence electrons. The Hall–Kier alpha value is -1.79. The van der Waals surface area contributed by atoms with E-state index in [9.17, 15) is 0 Å². The lowest BCUT2D eigenvalue weighted by Gasteiger charge is -2.41. The summed E-state index contributed by atoms with van der Waals surface area (Å²) in [7, 11) is 4.02. The molecule has 32 heavy (non-hydrogen) atoms. The van der Waals surface area contributed by atoms with Gasteiger partial charge in [0.2, 0.25) is 0 Å². The number of para-hydroxylation sites is 2. The van der Waals surface area contributed by atoms with Crippen molar-refractivity contribution in [3.8, 4) is 0 Å². The first kappa shape index (κ1) is 26.5. The molecule has 5 nitrogen and oxygen atoms in total. The number of fused-ring (bicyclic) bond motifs is 2. The second-order valence-corrected chi connectivity index (χ2v) is 8.75. The highest BCUT2D eigenvalue weighted by Crippen LogP contribution is 2.36. The lowest BCUT2D eigenvalue weighted by molar-refractivity contribution is 0.119. The van der Waals surface area contributed by atoms with Gasteiger partial charge in [0.15, 0.2) is 0 Å². The first-order valence-electron chi connectivity index (χ1n) is 11.1. The normalized spacial score (nSPS) is 17.8. The van der Waals surface area contributed by atoms with Crippen LogP contribution < -0.4 is 5.32 Å². The van der Waals surface area contributed by atoms with E-state index in [4.69, 9.17) is 9.73 Å². The van der Waals surface area contributed by atoms with Crippen LogP contribution in [-0.2, 0) is 4.74 Å². The van der Waals surface area contributed by atoms with Gasteiger partial charge in [0.05, 0.1) is 11.4 Å². The lowest BCUT2D eigenvalue weighted by Crippen LogP contribution is -2.53. The Morgan fingerprint density at radius 2 is 1.88 bits per heavy atom. The minimum absolute atomic E-state index is 0. The molecular formula is C25H36Cl2N4O. The summed E-state index contributed by atoms with van der Waals surface area (Å²) >= 11 is 0. The van der Waals surface area contributed by atoms with Crippen LogP contribution in [0.2, 0.25) is 0 Å². The van der Waals surface area contributed by atoms with E-state index in [-0.39, 0.29) is 24.8 Å². The largest absolute Gasteiger partial charge is 0.385 e. The molecule has 0 saturated carbocycles. The molecule has 2 heterocycles. The van der Waals surface area contributed by atoms with Gasteiger partial charge in [-0.05, 0) is 55.6 Å². The topological polar surface area (TPSA) is 40.1 Å². The van der Waals surface area contributed by atoms with Crippen molar-refractivity contribution in [2.45, 2.75) is 38.6 Å². The van der Waals surface area contributed by atoms with E-state index < -0.39 is 0 Å². The van der Waals surface area contributed by atoms with Crippen LogP contribution in [-0.4, -0.2) is 62.1 Å². The lowest BCUT2D eigenvalue weighted by atomic mass is 9.98. The zero-order chi connectivity index (χ0) is 21.1. The molecule has 0 radical (unpaired) electrons. The van der Waals surface area contributed by atoms with Crippen molar-refractivity contribution in [1.82, 2.24) is 9.80 Å². The highest BCUT2D eigenvalue weighted by molar-refractivity contribution is 6.08. The maximum absolute atomic E-state index is 5.28. The maximum atomic E-state index is 5.28. The van der Waals surface area contributed by atoms with Gasteiger partial charge in [-0.1, -0.05) is 32.0 Å². The minimum atomic E-state index is 0. The Labute approximate surface area is 205 Å². The SMILES string of the molecule is COCCC[C@H]1CN(C2=Nc3ccccc3Nc3ccc(C(C)C)cc32)CCN1C.Cl.Cl. The molecule has 1 N–H and O–H groups in total. The number of halogens is 2. The average Bonchev–Trinajstić information content (AvgIpc) is 2.91. The van der Waals surface area contributed by atoms with Crippen LogP contribution in [0.4, 0.5) is 17.1 Å². The molecule has 0 amide bonds. The molecule has 0 aromatic heterocycles. The molecule has 2 aliphatic rings. The van der Waals surface area contributed by atoms with Crippen LogP contribution in [0.3, 0.4) is 0 Å². The predicted octanol–water partition coefficient (Wildman–Crippen LogP) is 5.83. The number of benzene rings is 2. The molecule has 0 spiro atoms. The summed E-state index contributed by atoms with van der Waals surface area (Å²) in [4.78, 5) is 10.2. The molecule has 1 saturated heterocycles. The van der Waals surface area contributed by atoms with Crippen molar-refractivity contribution in [3.05, 3.63) is 53.6 Å². The van der Waals surface area contributed by atoms with E-state index in [1.54, 1.807) is 7.11 Å². The van der Waals surface area contributed by atoms with Crippen molar-refractivity contribution in [3.63, 3.8) is 0 Å². The van der Waals surface area contributed by atoms with Gasteiger partial charge in [0.25, 0.3) is 0 Å². The number of amidine groups is 1. The van der Waals surface area contributed by atoms with Crippen molar-refractivity contribution in [2.24, 2.45) is 4.99 Å². The zero-order valence-corrected chi connectivity index (χ0v) is 21.1. The number of piperazine rings is 1. The molecule has 1 atom stereocenters. The molecule has 1 fully saturated rings. The van der Waals surface area contributed by atoms with Crippen molar-refractivity contribution in [2.75, 3.05) is 45.7 Å². The Bertz CT molecular complexity index is 919. The third kappa shape index (κ3) is 5.76. The summed E-state index contributed by atoms with van der Waals surface area (Å²) in [6.45, 7) is 8.35. The standard InChI is InChI=1S/C25H34N4O.2ClH/c1-18(2)19-11-12-22-21(16-19)25(27-24-10-6-5-9-23(24)26-22)29-14-13-28(3)20(17-29)8-7-15-30-4;;/h5-6,9-12,16,18,20,26H,7-8,13-15,17H2,1-4H3;2*1H/t20-;;/m0../s1. The van der Waals surface area contributed by atoms with Gasteiger partial charge in [0.1, 0.15) is 5.84 Å². The molecule has 0 aliphatic carbocycles. The fourth-order valence-electron chi connectivity index (χ4n) is 4.37. The van der Waals surface area contributed by atoms with Crippen molar-refractivity contribution >= 4 is 47.7 Å². The summed E-state index contributed by atoms with van der Waals surface area (Å²) in [6, 6.07) is 15.6. The Morgan fingerprint density at radius 1 is 1.09 bits per heavy atom. The number of anilines is 2. The average molecular weight is 479 g/mol. The monoisotopic (exact) mass is 478 g/mol. The molecule has 2 aromatic carbocycles. The minimum Gasteiger partial charge on any atom is -0.385 e. The highest BCUT2D eigenvalue weighted by atomic mass is 35.5. The van der Waals surface area contributed by atoms with Gasteiger partial charge in [-0.15, -0.1) is 24.8 Å². The van der Waals surface area contributed by atoms with E-state index in [2.05, 4.69) is 78.5 Å². The quantitative estimate of drug-likeness (QED) is 0.548. The number of rotatable bonds is 5. The van der Waals surface area contributed by atoms with Crippen molar-refractivity contribution in [1.29, 1.82) is 0 Å². The molecule has 2 aliphatic heterocycles. The summed E-state index contributed by atoms with van der Waals surface area (Å²) < 4.78 is 5.28. The molecule has 4 rings (SSSR count). The molecule has 2 aromatic rings. The van der Waals surface area contributed by atoms with Gasteiger partial charge in [-0.3, -0.25) is 4.90 Å². The van der Waals surface area contributed by atoms with Crippen LogP contribution in [0.1, 0.15) is 43.7 Å². The van der Waals surface area contributed by atoms with E-state index in [0.717, 1.165) is 62.0 Å². The molecule has 0 bridgehead atoms. The number of hydrogen-bond acceptors (Lipinski definition) is 5. The number of hydrogen-bond donors (Lipinski definition) is 1. The Kier molecular flexibility index (Phi) is 9.83.